The Morgan fingerprint density at radius 2 is 2.19 bits per heavy atom. The van der Waals surface area contributed by atoms with E-state index < -0.39 is 17.8 Å². The Labute approximate surface area is 121 Å². The molecule has 1 unspecified atom stereocenters. The van der Waals surface area contributed by atoms with Crippen LogP contribution in [0.15, 0.2) is 18.2 Å². The zero-order valence-electron chi connectivity index (χ0n) is 11.8. The number of benzene rings is 1. The number of anilines is 1. The molecule has 1 aromatic rings. The minimum Gasteiger partial charge on any atom is -0.478 e. The first-order valence-electron chi connectivity index (χ1n) is 6.38. The summed E-state index contributed by atoms with van der Waals surface area (Å²) in [5.41, 5.74) is -0.703. The number of amides is 2. The van der Waals surface area contributed by atoms with E-state index in [4.69, 9.17) is 10.4 Å². The monoisotopic (exact) mass is 293 g/mol. The van der Waals surface area contributed by atoms with Crippen LogP contribution < -0.4 is 5.32 Å². The molecule has 112 valence electrons. The van der Waals surface area contributed by atoms with E-state index in [1.165, 1.54) is 17.0 Å². The third-order valence-corrected chi connectivity index (χ3v) is 2.86. The molecule has 0 heterocycles. The molecule has 1 aromatic carbocycles. The number of carboxylic acid groups (broad SMARTS) is 1. The lowest BCUT2D eigenvalue weighted by atomic mass is 10.1. The van der Waals surface area contributed by atoms with Crippen molar-refractivity contribution in [3.63, 3.8) is 0 Å². The van der Waals surface area contributed by atoms with E-state index in [2.05, 4.69) is 5.32 Å². The Kier molecular flexibility index (Phi) is 5.67. The van der Waals surface area contributed by atoms with Gasteiger partial charge < -0.3 is 15.3 Å². The SMILES string of the molecule is CCN(CC(C)C#N)C(=O)Nc1c(F)cccc1C(=O)O. The number of aromatic carboxylic acids is 1. The summed E-state index contributed by atoms with van der Waals surface area (Å²) in [5, 5.41) is 20.0. The topological polar surface area (TPSA) is 93.4 Å². The van der Waals surface area contributed by atoms with Gasteiger partial charge >= 0.3 is 12.0 Å². The van der Waals surface area contributed by atoms with Gasteiger partial charge in [-0.05, 0) is 26.0 Å². The number of carbonyl (C=O) groups excluding carboxylic acids is 1. The van der Waals surface area contributed by atoms with Crippen LogP contribution in [0.5, 0.6) is 0 Å². The normalized spacial score (nSPS) is 11.3. The zero-order chi connectivity index (χ0) is 16.0. The molecule has 6 nitrogen and oxygen atoms in total. The number of nitrogens with one attached hydrogen (secondary N) is 1. The third-order valence-electron chi connectivity index (χ3n) is 2.86. The Hall–Kier alpha value is -2.62. The Bertz CT molecular complexity index is 583. The van der Waals surface area contributed by atoms with Gasteiger partial charge in [-0.1, -0.05) is 6.07 Å². The minimum absolute atomic E-state index is 0.176. The molecule has 0 spiro atoms. The summed E-state index contributed by atoms with van der Waals surface area (Å²) < 4.78 is 13.7. The van der Waals surface area contributed by atoms with Gasteiger partial charge in [0.05, 0.1) is 23.2 Å². The molecule has 1 atom stereocenters. The summed E-state index contributed by atoms with van der Waals surface area (Å²) in [4.78, 5) is 24.4. The van der Waals surface area contributed by atoms with Crippen LogP contribution in [0.1, 0.15) is 24.2 Å². The molecule has 0 aliphatic heterocycles. The summed E-state index contributed by atoms with van der Waals surface area (Å²) in [6.45, 7) is 3.86. The lowest BCUT2D eigenvalue weighted by molar-refractivity contribution is 0.0697. The average molecular weight is 293 g/mol. The fourth-order valence-electron chi connectivity index (χ4n) is 1.74. The molecular weight excluding hydrogens is 277 g/mol. The van der Waals surface area contributed by atoms with Crippen molar-refractivity contribution in [2.24, 2.45) is 5.92 Å². The number of carboxylic acids is 1. The zero-order valence-corrected chi connectivity index (χ0v) is 11.8. The highest BCUT2D eigenvalue weighted by molar-refractivity contribution is 6.00. The van der Waals surface area contributed by atoms with Crippen molar-refractivity contribution < 1.29 is 19.1 Å². The number of urea groups is 1. The van der Waals surface area contributed by atoms with Gasteiger partial charge in [-0.25, -0.2) is 14.0 Å². The maximum absolute atomic E-state index is 13.7. The number of para-hydroxylation sites is 1. The molecule has 1 rings (SSSR count). The van der Waals surface area contributed by atoms with Gasteiger partial charge in [0.25, 0.3) is 0 Å². The lowest BCUT2D eigenvalue weighted by Crippen LogP contribution is -2.38. The van der Waals surface area contributed by atoms with E-state index in [0.717, 1.165) is 6.07 Å². The average Bonchev–Trinajstić information content (AvgIpc) is 2.45. The van der Waals surface area contributed by atoms with Gasteiger partial charge in [0, 0.05) is 13.1 Å². The molecule has 0 bridgehead atoms. The van der Waals surface area contributed by atoms with Gasteiger partial charge in [0.15, 0.2) is 0 Å². The number of halogens is 1. The molecule has 21 heavy (non-hydrogen) atoms. The van der Waals surface area contributed by atoms with Crippen LogP contribution >= 0.6 is 0 Å². The van der Waals surface area contributed by atoms with Gasteiger partial charge in [-0.3, -0.25) is 0 Å². The van der Waals surface area contributed by atoms with E-state index in [1.807, 2.05) is 6.07 Å². The molecule has 7 heteroatoms. The van der Waals surface area contributed by atoms with Crippen molar-refractivity contribution in [2.75, 3.05) is 18.4 Å². The van der Waals surface area contributed by atoms with Gasteiger partial charge in [-0.15, -0.1) is 0 Å². The fraction of sp³-hybridized carbons (Fsp3) is 0.357. The molecular formula is C14H16FN3O3. The highest BCUT2D eigenvalue weighted by atomic mass is 19.1. The van der Waals surface area contributed by atoms with Crippen LogP contribution in [0.3, 0.4) is 0 Å². The highest BCUT2D eigenvalue weighted by Gasteiger charge is 2.20. The summed E-state index contributed by atoms with van der Waals surface area (Å²) in [5.74, 6) is -2.54. The maximum Gasteiger partial charge on any atom is 0.337 e. The van der Waals surface area contributed by atoms with E-state index in [-0.39, 0.29) is 23.7 Å². The van der Waals surface area contributed by atoms with Crippen molar-refractivity contribution >= 4 is 17.7 Å². The van der Waals surface area contributed by atoms with Crippen molar-refractivity contribution in [3.8, 4) is 6.07 Å². The van der Waals surface area contributed by atoms with Crippen LogP contribution in [0.2, 0.25) is 0 Å². The quantitative estimate of drug-likeness (QED) is 0.872. The van der Waals surface area contributed by atoms with Crippen molar-refractivity contribution in [1.82, 2.24) is 4.90 Å². The van der Waals surface area contributed by atoms with Gasteiger partial charge in [-0.2, -0.15) is 5.26 Å². The first-order chi connectivity index (χ1) is 9.90. The number of carbonyl (C=O) groups is 2. The molecule has 2 amide bonds. The van der Waals surface area contributed by atoms with Crippen LogP contribution in [0.25, 0.3) is 0 Å². The number of rotatable bonds is 5. The van der Waals surface area contributed by atoms with E-state index >= 15 is 0 Å². The van der Waals surface area contributed by atoms with Crippen LogP contribution in [0.4, 0.5) is 14.9 Å². The van der Waals surface area contributed by atoms with Crippen molar-refractivity contribution in [2.45, 2.75) is 13.8 Å². The van der Waals surface area contributed by atoms with E-state index in [1.54, 1.807) is 13.8 Å². The molecule has 0 aliphatic carbocycles. The van der Waals surface area contributed by atoms with Crippen molar-refractivity contribution in [1.29, 1.82) is 5.26 Å². The fourth-order valence-corrected chi connectivity index (χ4v) is 1.74. The summed E-state index contributed by atoms with van der Waals surface area (Å²) >= 11 is 0. The Morgan fingerprint density at radius 1 is 1.52 bits per heavy atom. The molecule has 0 aliphatic rings. The first kappa shape index (κ1) is 16.4. The summed E-state index contributed by atoms with van der Waals surface area (Å²) in [6.07, 6.45) is 0. The first-order valence-corrected chi connectivity index (χ1v) is 6.38. The maximum atomic E-state index is 13.7. The Balaban J connectivity index is 2.97. The molecule has 0 radical (unpaired) electrons. The highest BCUT2D eigenvalue weighted by Crippen LogP contribution is 2.20. The second-order valence-corrected chi connectivity index (χ2v) is 4.47. The number of hydrogen-bond donors (Lipinski definition) is 2. The Morgan fingerprint density at radius 3 is 2.71 bits per heavy atom. The second kappa shape index (κ2) is 7.24. The summed E-state index contributed by atoms with van der Waals surface area (Å²) in [6, 6.07) is 4.88. The molecule has 0 fully saturated rings. The van der Waals surface area contributed by atoms with E-state index in [9.17, 15) is 14.0 Å². The smallest absolute Gasteiger partial charge is 0.337 e. The van der Waals surface area contributed by atoms with Crippen LogP contribution in [0, 0.1) is 23.1 Å². The summed E-state index contributed by atoms with van der Waals surface area (Å²) in [7, 11) is 0. The molecule has 2 N–H and O–H groups in total. The largest absolute Gasteiger partial charge is 0.478 e. The van der Waals surface area contributed by atoms with E-state index in [0.29, 0.717) is 6.54 Å². The van der Waals surface area contributed by atoms with Gasteiger partial charge in [0.1, 0.15) is 5.82 Å². The third kappa shape index (κ3) is 4.18. The van der Waals surface area contributed by atoms with Crippen molar-refractivity contribution in [3.05, 3.63) is 29.6 Å². The lowest BCUT2D eigenvalue weighted by Gasteiger charge is -2.23. The number of hydrogen-bond acceptors (Lipinski definition) is 3. The predicted octanol–water partition coefficient (Wildman–Crippen LogP) is 2.54. The minimum atomic E-state index is -1.33. The molecule has 0 saturated heterocycles. The predicted molar refractivity (Wildman–Crippen MR) is 74.4 cm³/mol. The standard InChI is InChI=1S/C14H16FN3O3/c1-3-18(8-9(2)7-16)14(21)17-12-10(13(19)20)5-4-6-11(12)15/h4-6,9H,3,8H2,1-2H3,(H,17,21)(H,19,20). The molecule has 0 saturated carbocycles. The number of nitrogens with zero attached hydrogens (tertiary/aromatic N) is 2. The molecule has 0 aromatic heterocycles. The van der Waals surface area contributed by atoms with Gasteiger partial charge in [0.2, 0.25) is 0 Å². The second-order valence-electron chi connectivity index (χ2n) is 4.47. The van der Waals surface area contributed by atoms with Crippen LogP contribution in [-0.4, -0.2) is 35.1 Å². The number of nitriles is 1. The van der Waals surface area contributed by atoms with Crippen LogP contribution in [-0.2, 0) is 0 Å².